The van der Waals surface area contributed by atoms with Crippen molar-refractivity contribution in [2.75, 3.05) is 0 Å². The number of hydrogen-bond acceptors (Lipinski definition) is 2. The lowest BCUT2D eigenvalue weighted by Crippen LogP contribution is -2.44. The number of benzene rings is 3. The van der Waals surface area contributed by atoms with Crippen molar-refractivity contribution in [3.05, 3.63) is 107 Å². The summed E-state index contributed by atoms with van der Waals surface area (Å²) < 4.78 is 0. The molecule has 1 aliphatic rings. The third-order valence-corrected chi connectivity index (χ3v) is 4.84. The number of hydrogen-bond donors (Lipinski definition) is 0. The molecule has 0 radical (unpaired) electrons. The summed E-state index contributed by atoms with van der Waals surface area (Å²) in [5, 5.41) is 0. The lowest BCUT2D eigenvalue weighted by atomic mass is 9.84. The summed E-state index contributed by atoms with van der Waals surface area (Å²) in [4.78, 5) is 27.5. The van der Waals surface area contributed by atoms with Gasteiger partial charge in [0.15, 0.2) is 0 Å². The molecule has 0 N–H and O–H groups in total. The minimum absolute atomic E-state index is 0.124. The quantitative estimate of drug-likeness (QED) is 0.667. The van der Waals surface area contributed by atoms with E-state index in [4.69, 9.17) is 0 Å². The van der Waals surface area contributed by atoms with Gasteiger partial charge in [0.25, 0.3) is 5.91 Å². The summed E-state index contributed by atoms with van der Waals surface area (Å²) in [6, 6.07) is 27.1. The number of carbonyl (C=O) groups is 2. The minimum Gasteiger partial charge on any atom is -0.274 e. The highest BCUT2D eigenvalue weighted by molar-refractivity contribution is 6.11. The van der Waals surface area contributed by atoms with Gasteiger partial charge in [-0.3, -0.25) is 14.5 Å². The molecule has 0 fully saturated rings. The van der Waals surface area contributed by atoms with E-state index in [0.29, 0.717) is 18.5 Å². The molecule has 0 bridgehead atoms. The highest BCUT2D eigenvalue weighted by Crippen LogP contribution is 2.32. The van der Waals surface area contributed by atoms with Crippen LogP contribution in [-0.4, -0.2) is 16.7 Å². The normalized spacial score (nSPS) is 16.5. The largest absolute Gasteiger partial charge is 0.274 e. The summed E-state index contributed by atoms with van der Waals surface area (Å²) in [5.74, 6) is -0.671. The van der Waals surface area contributed by atoms with Gasteiger partial charge >= 0.3 is 0 Å². The summed E-state index contributed by atoms with van der Waals surface area (Å²) in [6.45, 7) is 0.304. The van der Waals surface area contributed by atoms with Crippen LogP contribution in [0.4, 0.5) is 0 Å². The zero-order valence-corrected chi connectivity index (χ0v) is 14.3. The van der Waals surface area contributed by atoms with E-state index in [0.717, 1.165) is 16.7 Å². The van der Waals surface area contributed by atoms with Crippen molar-refractivity contribution < 1.29 is 9.59 Å². The Morgan fingerprint density at radius 1 is 0.692 bits per heavy atom. The number of fused-ring (bicyclic) bond motifs is 1. The molecule has 3 aromatic rings. The molecule has 3 heteroatoms. The van der Waals surface area contributed by atoms with E-state index < -0.39 is 0 Å². The first-order valence-corrected chi connectivity index (χ1v) is 8.76. The van der Waals surface area contributed by atoms with Crippen molar-refractivity contribution in [3.8, 4) is 0 Å². The zero-order chi connectivity index (χ0) is 17.9. The van der Waals surface area contributed by atoms with Crippen LogP contribution >= 0.6 is 0 Å². The topological polar surface area (TPSA) is 37.4 Å². The Morgan fingerprint density at radius 2 is 1.27 bits per heavy atom. The Balaban J connectivity index is 1.72. The first-order chi connectivity index (χ1) is 12.7. The molecule has 2 amide bonds. The molecule has 0 spiro atoms. The molecular weight excluding hydrogens is 322 g/mol. The van der Waals surface area contributed by atoms with E-state index >= 15 is 0 Å². The molecular formula is C23H19NO2. The smallest absolute Gasteiger partial charge is 0.261 e. The highest BCUT2D eigenvalue weighted by Gasteiger charge is 2.38. The molecule has 1 heterocycles. The van der Waals surface area contributed by atoms with E-state index in [1.807, 2.05) is 84.9 Å². The number of amides is 2. The fourth-order valence-corrected chi connectivity index (χ4v) is 3.53. The van der Waals surface area contributed by atoms with Crippen LogP contribution in [0.5, 0.6) is 0 Å². The van der Waals surface area contributed by atoms with Crippen LogP contribution in [0.1, 0.15) is 33.0 Å². The predicted octanol–water partition coefficient (Wildman–Crippen LogP) is 4.20. The second-order valence-corrected chi connectivity index (χ2v) is 6.54. The van der Waals surface area contributed by atoms with Gasteiger partial charge in [0, 0.05) is 5.56 Å². The highest BCUT2D eigenvalue weighted by atomic mass is 16.2. The Kier molecular flexibility index (Phi) is 4.36. The van der Waals surface area contributed by atoms with Crippen LogP contribution in [0, 0.1) is 0 Å². The molecule has 0 saturated heterocycles. The lowest BCUT2D eigenvalue weighted by molar-refractivity contribution is -0.131. The van der Waals surface area contributed by atoms with Crippen LogP contribution < -0.4 is 0 Å². The molecule has 4 rings (SSSR count). The van der Waals surface area contributed by atoms with E-state index in [1.165, 1.54) is 4.90 Å². The minimum atomic E-state index is -0.338. The maximum absolute atomic E-state index is 13.2. The van der Waals surface area contributed by atoms with Crippen molar-refractivity contribution >= 4 is 11.8 Å². The molecule has 0 aliphatic carbocycles. The van der Waals surface area contributed by atoms with Crippen LogP contribution in [0.25, 0.3) is 0 Å². The third-order valence-electron chi connectivity index (χ3n) is 4.84. The fourth-order valence-electron chi connectivity index (χ4n) is 3.53. The fraction of sp³-hybridized carbons (Fsp3) is 0.130. The van der Waals surface area contributed by atoms with Gasteiger partial charge in [-0.15, -0.1) is 0 Å². The first-order valence-electron chi connectivity index (χ1n) is 8.76. The van der Waals surface area contributed by atoms with Gasteiger partial charge in [-0.05, 0) is 29.2 Å². The van der Waals surface area contributed by atoms with Gasteiger partial charge in [-0.2, -0.15) is 0 Å². The molecule has 3 aromatic carbocycles. The second-order valence-electron chi connectivity index (χ2n) is 6.54. The van der Waals surface area contributed by atoms with Crippen molar-refractivity contribution in [2.24, 2.45) is 0 Å². The summed E-state index contributed by atoms with van der Waals surface area (Å²) in [7, 11) is 0. The van der Waals surface area contributed by atoms with E-state index in [9.17, 15) is 9.59 Å². The average Bonchev–Trinajstić information content (AvgIpc) is 2.70. The Labute approximate surface area is 152 Å². The van der Waals surface area contributed by atoms with Crippen LogP contribution in [0.3, 0.4) is 0 Å². The number of carbonyl (C=O) groups excluding carboxylic acids is 2. The van der Waals surface area contributed by atoms with E-state index in [2.05, 4.69) is 0 Å². The van der Waals surface area contributed by atoms with Crippen molar-refractivity contribution in [1.29, 1.82) is 0 Å². The SMILES string of the molecule is O=C1c2ccccc2C(Cc2ccccc2)C(=O)N1Cc1ccccc1. The third kappa shape index (κ3) is 3.04. The van der Waals surface area contributed by atoms with Crippen molar-refractivity contribution in [3.63, 3.8) is 0 Å². The van der Waals surface area contributed by atoms with Crippen molar-refractivity contribution in [2.45, 2.75) is 18.9 Å². The van der Waals surface area contributed by atoms with Crippen LogP contribution in [-0.2, 0) is 17.8 Å². The van der Waals surface area contributed by atoms with Gasteiger partial charge in [0.05, 0.1) is 12.5 Å². The van der Waals surface area contributed by atoms with Crippen molar-refractivity contribution in [1.82, 2.24) is 4.90 Å². The zero-order valence-electron chi connectivity index (χ0n) is 14.3. The average molecular weight is 341 g/mol. The Morgan fingerprint density at radius 3 is 1.96 bits per heavy atom. The van der Waals surface area contributed by atoms with Gasteiger partial charge in [0.2, 0.25) is 5.91 Å². The van der Waals surface area contributed by atoms with E-state index in [1.54, 1.807) is 0 Å². The molecule has 26 heavy (non-hydrogen) atoms. The Hall–Kier alpha value is -3.20. The number of rotatable bonds is 4. The molecule has 0 aromatic heterocycles. The molecule has 3 nitrogen and oxygen atoms in total. The first kappa shape index (κ1) is 16.3. The van der Waals surface area contributed by atoms with Gasteiger partial charge in [-0.25, -0.2) is 0 Å². The summed E-state index contributed by atoms with van der Waals surface area (Å²) in [5.41, 5.74) is 3.50. The summed E-state index contributed by atoms with van der Waals surface area (Å²) >= 11 is 0. The molecule has 1 unspecified atom stereocenters. The standard InChI is InChI=1S/C23H19NO2/c25-22-20-14-8-7-13-19(20)21(15-17-9-3-1-4-10-17)23(26)24(22)16-18-11-5-2-6-12-18/h1-14,21H,15-16H2. The molecule has 128 valence electrons. The van der Waals surface area contributed by atoms with Gasteiger partial charge in [0.1, 0.15) is 0 Å². The predicted molar refractivity (Wildman–Crippen MR) is 101 cm³/mol. The van der Waals surface area contributed by atoms with Crippen LogP contribution in [0.2, 0.25) is 0 Å². The monoisotopic (exact) mass is 341 g/mol. The lowest BCUT2D eigenvalue weighted by Gasteiger charge is -2.32. The van der Waals surface area contributed by atoms with E-state index in [-0.39, 0.29) is 17.7 Å². The number of nitrogens with zero attached hydrogens (tertiary/aromatic N) is 1. The second kappa shape index (κ2) is 6.96. The number of imide groups is 1. The molecule has 0 saturated carbocycles. The maximum Gasteiger partial charge on any atom is 0.261 e. The maximum atomic E-state index is 13.2. The van der Waals surface area contributed by atoms with Gasteiger partial charge < -0.3 is 0 Å². The summed E-state index contributed by atoms with van der Waals surface area (Å²) in [6.07, 6.45) is 0.593. The molecule has 1 aliphatic heterocycles. The Bertz CT molecular complexity index is 935. The van der Waals surface area contributed by atoms with Crippen LogP contribution in [0.15, 0.2) is 84.9 Å². The molecule has 1 atom stereocenters. The van der Waals surface area contributed by atoms with Gasteiger partial charge in [-0.1, -0.05) is 78.9 Å².